The third-order valence-corrected chi connectivity index (χ3v) is 3.50. The Labute approximate surface area is 108 Å². The minimum absolute atomic E-state index is 0.960. The lowest BCUT2D eigenvalue weighted by molar-refractivity contribution is 0.836. The van der Waals surface area contributed by atoms with Crippen molar-refractivity contribution >= 4 is 5.69 Å². The van der Waals surface area contributed by atoms with Gasteiger partial charge >= 0.3 is 0 Å². The van der Waals surface area contributed by atoms with Gasteiger partial charge in [0, 0.05) is 24.3 Å². The van der Waals surface area contributed by atoms with Crippen LogP contribution in [0.4, 0.5) is 5.69 Å². The Balaban J connectivity index is 1.90. The molecule has 0 amide bonds. The van der Waals surface area contributed by atoms with Crippen molar-refractivity contribution in [1.82, 2.24) is 0 Å². The molecule has 0 radical (unpaired) electrons. The summed E-state index contributed by atoms with van der Waals surface area (Å²) in [5.74, 6) is 2.79. The highest BCUT2D eigenvalue weighted by atomic mass is 15.1. The van der Waals surface area contributed by atoms with Crippen LogP contribution in [0.2, 0.25) is 0 Å². The molecule has 3 rings (SSSR count). The predicted octanol–water partition coefficient (Wildman–Crippen LogP) is 3.23. The molecule has 18 heavy (non-hydrogen) atoms. The highest BCUT2D eigenvalue weighted by molar-refractivity contribution is 5.64. The molecule has 1 heteroatoms. The molecule has 0 fully saturated rings. The Bertz CT molecular complexity index is 593. The number of hydrogen-bond acceptors (Lipinski definition) is 1. The van der Waals surface area contributed by atoms with Crippen LogP contribution in [-0.4, -0.2) is 6.54 Å². The smallest absolute Gasteiger partial charge is 0.0429 e. The zero-order chi connectivity index (χ0) is 12.4. The van der Waals surface area contributed by atoms with Gasteiger partial charge in [0.2, 0.25) is 0 Å². The van der Waals surface area contributed by atoms with Crippen LogP contribution in [0.1, 0.15) is 16.7 Å². The molecule has 1 aliphatic heterocycles. The quantitative estimate of drug-likeness (QED) is 0.720. The fourth-order valence-electron chi connectivity index (χ4n) is 2.60. The average molecular weight is 233 g/mol. The maximum Gasteiger partial charge on any atom is 0.0429 e. The Kier molecular flexibility index (Phi) is 2.78. The Morgan fingerprint density at radius 2 is 1.89 bits per heavy atom. The van der Waals surface area contributed by atoms with Crippen molar-refractivity contribution in [3.05, 3.63) is 65.2 Å². The molecule has 1 aliphatic rings. The summed E-state index contributed by atoms with van der Waals surface area (Å²) in [4.78, 5) is 2.41. The molecule has 2 aromatic rings. The summed E-state index contributed by atoms with van der Waals surface area (Å²) in [5, 5.41) is 0. The summed E-state index contributed by atoms with van der Waals surface area (Å²) in [5.41, 5.74) is 5.02. The first kappa shape index (κ1) is 10.9. The van der Waals surface area contributed by atoms with Crippen LogP contribution in [0.25, 0.3) is 0 Å². The van der Waals surface area contributed by atoms with Gasteiger partial charge in [-0.05, 0) is 29.7 Å². The predicted molar refractivity (Wildman–Crippen MR) is 75.6 cm³/mol. The first-order valence-electron chi connectivity index (χ1n) is 6.26. The van der Waals surface area contributed by atoms with E-state index in [0.717, 1.165) is 25.1 Å². The van der Waals surface area contributed by atoms with Gasteiger partial charge in [-0.1, -0.05) is 42.3 Å². The standard InChI is InChI=1S/C17H15N/c1-2-15-9-6-10-17-16(15)11-12-18(17)13-14-7-4-3-5-8-14/h1,3-10H,11-13H2. The molecule has 2 aromatic carbocycles. The summed E-state index contributed by atoms with van der Waals surface area (Å²) in [6, 6.07) is 16.8. The second-order valence-electron chi connectivity index (χ2n) is 4.60. The van der Waals surface area contributed by atoms with E-state index in [1.165, 1.54) is 16.8 Å². The van der Waals surface area contributed by atoms with Crippen molar-refractivity contribution in [2.24, 2.45) is 0 Å². The molecule has 0 aromatic heterocycles. The summed E-state index contributed by atoms with van der Waals surface area (Å²) in [6.45, 7) is 2.02. The lowest BCUT2D eigenvalue weighted by Gasteiger charge is -2.19. The van der Waals surface area contributed by atoms with E-state index in [2.05, 4.69) is 53.3 Å². The Hall–Kier alpha value is -2.20. The lowest BCUT2D eigenvalue weighted by Crippen LogP contribution is -2.19. The van der Waals surface area contributed by atoms with Gasteiger partial charge in [0.1, 0.15) is 0 Å². The molecule has 0 saturated carbocycles. The number of rotatable bonds is 2. The van der Waals surface area contributed by atoms with Gasteiger partial charge in [0.15, 0.2) is 0 Å². The molecule has 88 valence electrons. The largest absolute Gasteiger partial charge is 0.367 e. The maximum atomic E-state index is 5.55. The van der Waals surface area contributed by atoms with Crippen LogP contribution in [0.15, 0.2) is 48.5 Å². The first-order valence-corrected chi connectivity index (χ1v) is 6.26. The normalized spacial score (nSPS) is 13.2. The number of fused-ring (bicyclic) bond motifs is 1. The van der Waals surface area contributed by atoms with Gasteiger partial charge in [-0.15, -0.1) is 6.42 Å². The van der Waals surface area contributed by atoms with E-state index >= 15 is 0 Å². The Morgan fingerprint density at radius 1 is 1.06 bits per heavy atom. The van der Waals surface area contributed by atoms with Gasteiger partial charge in [0.25, 0.3) is 0 Å². The van der Waals surface area contributed by atoms with Crippen LogP contribution < -0.4 is 4.90 Å². The van der Waals surface area contributed by atoms with Crippen LogP contribution in [-0.2, 0) is 13.0 Å². The number of benzene rings is 2. The summed E-state index contributed by atoms with van der Waals surface area (Å²) < 4.78 is 0. The molecule has 0 atom stereocenters. The molecule has 0 bridgehead atoms. The minimum atomic E-state index is 0.960. The highest BCUT2D eigenvalue weighted by Crippen LogP contribution is 2.31. The lowest BCUT2D eigenvalue weighted by atomic mass is 10.1. The summed E-state index contributed by atoms with van der Waals surface area (Å²) >= 11 is 0. The molecular formula is C17H15N. The number of hydrogen-bond donors (Lipinski definition) is 0. The third-order valence-electron chi connectivity index (χ3n) is 3.50. The second-order valence-corrected chi connectivity index (χ2v) is 4.60. The highest BCUT2D eigenvalue weighted by Gasteiger charge is 2.20. The van der Waals surface area contributed by atoms with Gasteiger partial charge in [-0.2, -0.15) is 0 Å². The van der Waals surface area contributed by atoms with Crippen molar-refractivity contribution in [2.75, 3.05) is 11.4 Å². The maximum absolute atomic E-state index is 5.55. The summed E-state index contributed by atoms with van der Waals surface area (Å²) in [6.07, 6.45) is 6.61. The van der Waals surface area contributed by atoms with Gasteiger partial charge < -0.3 is 4.90 Å². The van der Waals surface area contributed by atoms with Gasteiger partial charge in [-0.3, -0.25) is 0 Å². The van der Waals surface area contributed by atoms with Crippen LogP contribution in [0.5, 0.6) is 0 Å². The SMILES string of the molecule is C#Cc1cccc2c1CCN2Cc1ccccc1. The zero-order valence-electron chi connectivity index (χ0n) is 10.3. The average Bonchev–Trinajstić information content (AvgIpc) is 2.83. The van der Waals surface area contributed by atoms with Gasteiger partial charge in [0.05, 0.1) is 0 Å². The molecule has 0 saturated heterocycles. The van der Waals surface area contributed by atoms with Crippen molar-refractivity contribution in [3.63, 3.8) is 0 Å². The molecule has 1 nitrogen and oxygen atoms in total. The van der Waals surface area contributed by atoms with Crippen LogP contribution in [0.3, 0.4) is 0 Å². The number of nitrogens with zero attached hydrogens (tertiary/aromatic N) is 1. The second kappa shape index (κ2) is 4.58. The van der Waals surface area contributed by atoms with Crippen LogP contribution >= 0.6 is 0 Å². The topological polar surface area (TPSA) is 3.24 Å². The van der Waals surface area contributed by atoms with E-state index in [1.54, 1.807) is 0 Å². The fraction of sp³-hybridized carbons (Fsp3) is 0.176. The van der Waals surface area contributed by atoms with E-state index in [0.29, 0.717) is 0 Å². The molecule has 0 unspecified atom stereocenters. The van der Waals surface area contributed by atoms with Crippen molar-refractivity contribution in [1.29, 1.82) is 0 Å². The first-order chi connectivity index (χ1) is 8.88. The van der Waals surface area contributed by atoms with E-state index in [9.17, 15) is 0 Å². The van der Waals surface area contributed by atoms with Crippen molar-refractivity contribution in [3.8, 4) is 12.3 Å². The van der Waals surface area contributed by atoms with E-state index in [4.69, 9.17) is 6.42 Å². The molecule has 1 heterocycles. The monoisotopic (exact) mass is 233 g/mol. The molecule has 0 spiro atoms. The van der Waals surface area contributed by atoms with E-state index in [1.807, 2.05) is 6.07 Å². The molecule has 0 aliphatic carbocycles. The zero-order valence-corrected chi connectivity index (χ0v) is 10.3. The Morgan fingerprint density at radius 3 is 2.67 bits per heavy atom. The third kappa shape index (κ3) is 1.87. The van der Waals surface area contributed by atoms with Crippen LogP contribution in [0, 0.1) is 12.3 Å². The van der Waals surface area contributed by atoms with Crippen molar-refractivity contribution in [2.45, 2.75) is 13.0 Å². The van der Waals surface area contributed by atoms with E-state index in [-0.39, 0.29) is 0 Å². The van der Waals surface area contributed by atoms with Crippen molar-refractivity contribution < 1.29 is 0 Å². The molecule has 0 N–H and O–H groups in total. The van der Waals surface area contributed by atoms with Gasteiger partial charge in [-0.25, -0.2) is 0 Å². The number of anilines is 1. The fourth-order valence-corrected chi connectivity index (χ4v) is 2.60. The molecular weight excluding hydrogens is 218 g/mol. The minimum Gasteiger partial charge on any atom is -0.367 e. The summed E-state index contributed by atoms with van der Waals surface area (Å²) in [7, 11) is 0. The van der Waals surface area contributed by atoms with E-state index < -0.39 is 0 Å². The number of terminal acetylenes is 1.